The number of hydrogen-bond acceptors (Lipinski definition) is 7. The van der Waals surface area contributed by atoms with Gasteiger partial charge in [-0.1, -0.05) is 10.3 Å². The normalized spacial score (nSPS) is 20.6. The van der Waals surface area contributed by atoms with Gasteiger partial charge in [0.1, 0.15) is 0 Å². The van der Waals surface area contributed by atoms with Gasteiger partial charge in [-0.25, -0.2) is 0 Å². The van der Waals surface area contributed by atoms with Crippen LogP contribution in [-0.4, -0.2) is 33.5 Å². The van der Waals surface area contributed by atoms with E-state index in [1.807, 2.05) is 24.3 Å². The molecule has 24 heavy (non-hydrogen) atoms. The lowest BCUT2D eigenvalue weighted by Crippen LogP contribution is -1.99. The topological polar surface area (TPSA) is 87.1 Å². The molecule has 1 aliphatic heterocycles. The first kappa shape index (κ1) is 13.9. The third kappa shape index (κ3) is 2.50. The highest BCUT2D eigenvalue weighted by atomic mass is 16.5. The van der Waals surface area contributed by atoms with Crippen molar-refractivity contribution in [1.82, 2.24) is 20.3 Å². The maximum absolute atomic E-state index is 5.38. The highest BCUT2D eigenvalue weighted by molar-refractivity contribution is 5.61. The van der Waals surface area contributed by atoms with Crippen molar-refractivity contribution in [3.63, 3.8) is 0 Å². The van der Waals surface area contributed by atoms with Crippen LogP contribution >= 0.6 is 0 Å². The number of aromatic nitrogens is 4. The Hall–Kier alpha value is -2.54. The van der Waals surface area contributed by atoms with Crippen molar-refractivity contribution in [1.29, 1.82) is 0 Å². The molecule has 7 nitrogen and oxygen atoms in total. The second-order valence-electron chi connectivity index (χ2n) is 6.33. The maximum atomic E-state index is 5.38. The Morgan fingerprint density at radius 3 is 1.83 bits per heavy atom. The maximum Gasteiger partial charge on any atom is 0.257 e. The summed E-state index contributed by atoms with van der Waals surface area (Å²) in [4.78, 5) is 8.95. The van der Waals surface area contributed by atoms with E-state index in [1.165, 1.54) is 0 Å². The number of rotatable bonds is 4. The molecule has 1 saturated heterocycles. The number of benzene rings is 1. The van der Waals surface area contributed by atoms with E-state index in [0.717, 1.165) is 48.6 Å². The lowest BCUT2D eigenvalue weighted by Gasteiger charge is -1.98. The van der Waals surface area contributed by atoms with E-state index in [0.29, 0.717) is 24.3 Å². The van der Waals surface area contributed by atoms with Crippen LogP contribution in [0, 0.1) is 0 Å². The van der Waals surface area contributed by atoms with Gasteiger partial charge < -0.3 is 13.8 Å². The molecule has 5 rings (SSSR count). The van der Waals surface area contributed by atoms with Gasteiger partial charge >= 0.3 is 0 Å². The van der Waals surface area contributed by atoms with Gasteiger partial charge in [0.05, 0.1) is 6.61 Å². The average Bonchev–Trinajstić information content (AvgIpc) is 3.07. The molecule has 1 aromatic carbocycles. The van der Waals surface area contributed by atoms with Crippen molar-refractivity contribution in [2.24, 2.45) is 0 Å². The monoisotopic (exact) mass is 324 g/mol. The van der Waals surface area contributed by atoms with E-state index in [9.17, 15) is 0 Å². The van der Waals surface area contributed by atoms with Crippen LogP contribution in [0.3, 0.4) is 0 Å². The van der Waals surface area contributed by atoms with E-state index >= 15 is 0 Å². The standard InChI is InChI=1S/C17H16N4O3/c1-2-10(1)14-18-16(23-20-14)11-3-5-12(6-4-11)17-19-15(21-24-17)13-7-8-22-9-13/h3-6,10,13H,1-2,7-9H2. The van der Waals surface area contributed by atoms with E-state index < -0.39 is 0 Å². The van der Waals surface area contributed by atoms with Gasteiger partial charge in [0.25, 0.3) is 11.8 Å². The van der Waals surface area contributed by atoms with Gasteiger partial charge in [-0.05, 0) is 43.5 Å². The van der Waals surface area contributed by atoms with E-state index in [4.69, 9.17) is 13.8 Å². The van der Waals surface area contributed by atoms with E-state index in [-0.39, 0.29) is 5.92 Å². The summed E-state index contributed by atoms with van der Waals surface area (Å²) < 4.78 is 16.1. The molecule has 0 bridgehead atoms. The summed E-state index contributed by atoms with van der Waals surface area (Å²) in [6.07, 6.45) is 3.26. The van der Waals surface area contributed by atoms with Gasteiger partial charge in [-0.2, -0.15) is 9.97 Å². The van der Waals surface area contributed by atoms with Crippen molar-refractivity contribution in [3.05, 3.63) is 35.9 Å². The van der Waals surface area contributed by atoms with Crippen LogP contribution in [0.2, 0.25) is 0 Å². The van der Waals surface area contributed by atoms with Crippen molar-refractivity contribution in [2.75, 3.05) is 13.2 Å². The summed E-state index contributed by atoms with van der Waals surface area (Å²) in [6.45, 7) is 1.43. The molecule has 0 radical (unpaired) electrons. The lowest BCUT2D eigenvalue weighted by atomic mass is 10.1. The third-order valence-corrected chi connectivity index (χ3v) is 4.50. The molecule has 3 aromatic rings. The first-order valence-corrected chi connectivity index (χ1v) is 8.22. The van der Waals surface area contributed by atoms with Gasteiger partial charge in [0.15, 0.2) is 11.6 Å². The summed E-state index contributed by atoms with van der Waals surface area (Å²) in [5.41, 5.74) is 1.76. The van der Waals surface area contributed by atoms with Crippen LogP contribution in [0.25, 0.3) is 22.9 Å². The largest absolute Gasteiger partial charge is 0.381 e. The molecule has 0 spiro atoms. The fourth-order valence-corrected chi connectivity index (χ4v) is 2.87. The predicted octanol–water partition coefficient (Wildman–Crippen LogP) is 3.17. The quantitative estimate of drug-likeness (QED) is 0.728. The van der Waals surface area contributed by atoms with Crippen LogP contribution in [0.5, 0.6) is 0 Å². The van der Waals surface area contributed by atoms with Gasteiger partial charge in [-0.15, -0.1) is 0 Å². The number of ether oxygens (including phenoxy) is 1. The summed E-state index contributed by atoms with van der Waals surface area (Å²) in [7, 11) is 0. The molecule has 1 aliphatic carbocycles. The fraction of sp³-hybridized carbons (Fsp3) is 0.412. The highest BCUT2D eigenvalue weighted by Gasteiger charge is 2.29. The Morgan fingerprint density at radius 1 is 0.750 bits per heavy atom. The summed E-state index contributed by atoms with van der Waals surface area (Å²) in [5.74, 6) is 3.33. The molecule has 0 amide bonds. The molecule has 2 fully saturated rings. The molecule has 7 heteroatoms. The first-order valence-electron chi connectivity index (χ1n) is 8.22. The van der Waals surface area contributed by atoms with Crippen molar-refractivity contribution in [3.8, 4) is 22.9 Å². The summed E-state index contributed by atoms with van der Waals surface area (Å²) in [6, 6.07) is 7.72. The minimum Gasteiger partial charge on any atom is -0.381 e. The predicted molar refractivity (Wildman–Crippen MR) is 83.2 cm³/mol. The average molecular weight is 324 g/mol. The van der Waals surface area contributed by atoms with Crippen LogP contribution in [0.1, 0.15) is 42.7 Å². The Bertz CT molecular complexity index is 845. The molecule has 3 heterocycles. The van der Waals surface area contributed by atoms with Gasteiger partial charge in [0.2, 0.25) is 0 Å². The first-order chi connectivity index (χ1) is 11.9. The molecule has 2 aromatic heterocycles. The zero-order valence-electron chi connectivity index (χ0n) is 13.0. The van der Waals surface area contributed by atoms with Crippen LogP contribution in [0.15, 0.2) is 33.3 Å². The molecule has 0 N–H and O–H groups in total. The molecule has 2 aliphatic rings. The number of hydrogen-bond donors (Lipinski definition) is 0. The molecule has 1 atom stereocenters. The van der Waals surface area contributed by atoms with Gasteiger partial charge in [-0.3, -0.25) is 0 Å². The summed E-state index contributed by atoms with van der Waals surface area (Å²) >= 11 is 0. The minimum absolute atomic E-state index is 0.237. The zero-order chi connectivity index (χ0) is 15.9. The lowest BCUT2D eigenvalue weighted by molar-refractivity contribution is 0.192. The Labute approximate surface area is 138 Å². The zero-order valence-corrected chi connectivity index (χ0v) is 13.0. The van der Waals surface area contributed by atoms with Crippen molar-refractivity contribution in [2.45, 2.75) is 31.1 Å². The SMILES string of the molecule is c1cc(-c2nc(C3CCOC3)no2)ccc1-c1nc(C2CC2)no1. The second-order valence-corrected chi connectivity index (χ2v) is 6.33. The smallest absolute Gasteiger partial charge is 0.257 e. The Morgan fingerprint density at radius 2 is 1.33 bits per heavy atom. The number of nitrogens with zero attached hydrogens (tertiary/aromatic N) is 4. The second kappa shape index (κ2) is 5.52. The fourth-order valence-electron chi connectivity index (χ4n) is 2.87. The van der Waals surface area contributed by atoms with E-state index in [2.05, 4.69) is 20.3 Å². The molecular weight excluding hydrogens is 308 g/mol. The van der Waals surface area contributed by atoms with Crippen LogP contribution in [-0.2, 0) is 4.74 Å². The van der Waals surface area contributed by atoms with Gasteiger partial charge in [0, 0.05) is 29.6 Å². The van der Waals surface area contributed by atoms with Crippen LogP contribution < -0.4 is 0 Å². The highest BCUT2D eigenvalue weighted by Crippen LogP contribution is 2.39. The molecule has 122 valence electrons. The minimum atomic E-state index is 0.237. The van der Waals surface area contributed by atoms with Crippen LogP contribution in [0.4, 0.5) is 0 Å². The Balaban J connectivity index is 1.37. The Kier molecular flexibility index (Phi) is 3.19. The third-order valence-electron chi connectivity index (χ3n) is 4.50. The summed E-state index contributed by atoms with van der Waals surface area (Å²) in [5, 5.41) is 8.12. The van der Waals surface area contributed by atoms with Crippen molar-refractivity contribution < 1.29 is 13.8 Å². The molecular formula is C17H16N4O3. The van der Waals surface area contributed by atoms with Crippen molar-refractivity contribution >= 4 is 0 Å². The molecule has 1 unspecified atom stereocenters. The van der Waals surface area contributed by atoms with E-state index in [1.54, 1.807) is 0 Å². The molecule has 1 saturated carbocycles.